The molecule has 1 heterocycles. The number of imide groups is 1. The minimum atomic E-state index is -4.79. The monoisotopic (exact) mass is 536 g/mol. The van der Waals surface area contributed by atoms with Gasteiger partial charge in [-0.3, -0.25) is 9.59 Å². The van der Waals surface area contributed by atoms with Gasteiger partial charge >= 0.3 is 18.3 Å². The summed E-state index contributed by atoms with van der Waals surface area (Å²) in [5, 5.41) is 5.00. The van der Waals surface area contributed by atoms with E-state index in [1.54, 1.807) is 6.07 Å². The van der Waals surface area contributed by atoms with Gasteiger partial charge in [-0.15, -0.1) is 0 Å². The van der Waals surface area contributed by atoms with Crippen molar-refractivity contribution < 1.29 is 41.5 Å². The maximum atomic E-state index is 13.6. The molecule has 38 heavy (non-hydrogen) atoms. The van der Waals surface area contributed by atoms with Gasteiger partial charge in [-0.25, -0.2) is 18.9 Å². The Morgan fingerprint density at radius 2 is 1.84 bits per heavy atom. The van der Waals surface area contributed by atoms with E-state index in [9.17, 15) is 36.7 Å². The summed E-state index contributed by atoms with van der Waals surface area (Å²) < 4.78 is 59.4. The van der Waals surface area contributed by atoms with Crippen molar-refractivity contribution in [1.29, 1.82) is 0 Å². The molecule has 2 aliphatic rings. The Morgan fingerprint density at radius 1 is 1.16 bits per heavy atom. The van der Waals surface area contributed by atoms with Crippen molar-refractivity contribution in [2.45, 2.75) is 44.1 Å². The number of hydrogen-bond donors (Lipinski definition) is 2. The third kappa shape index (κ3) is 5.00. The lowest BCUT2D eigenvalue weighted by atomic mass is 9.94. The van der Waals surface area contributed by atoms with Crippen molar-refractivity contribution >= 4 is 29.6 Å². The zero-order chi connectivity index (χ0) is 27.8. The normalized spacial score (nSPS) is 19.3. The number of nitrogens with one attached hydrogen (secondary N) is 2. The number of carbonyl (C=O) groups is 4. The Balaban J connectivity index is 1.56. The molecule has 2 aromatic rings. The van der Waals surface area contributed by atoms with Gasteiger partial charge in [0.1, 0.15) is 18.4 Å². The molecule has 5 amide bonds. The van der Waals surface area contributed by atoms with Gasteiger partial charge in [0.25, 0.3) is 5.91 Å². The molecule has 0 aromatic heterocycles. The van der Waals surface area contributed by atoms with Gasteiger partial charge in [0, 0.05) is 31.3 Å². The summed E-state index contributed by atoms with van der Waals surface area (Å²) in [7, 11) is 1.44. The lowest BCUT2D eigenvalue weighted by Gasteiger charge is -2.31. The fraction of sp³-hybridized carbons (Fsp3) is 0.360. The first-order chi connectivity index (χ1) is 17.9. The number of aryl methyl sites for hydroxylation is 1. The third-order valence-corrected chi connectivity index (χ3v) is 6.67. The van der Waals surface area contributed by atoms with E-state index >= 15 is 0 Å². The summed E-state index contributed by atoms with van der Waals surface area (Å²) in [5.74, 6) is -2.59. The van der Waals surface area contributed by atoms with Crippen molar-refractivity contribution in [3.05, 3.63) is 65.0 Å². The average Bonchev–Trinajstić information content (AvgIpc) is 3.34. The number of anilines is 1. The molecule has 1 saturated heterocycles. The second-order valence-corrected chi connectivity index (χ2v) is 9.03. The highest BCUT2D eigenvalue weighted by atomic mass is 19.4. The molecule has 2 N–H and O–H groups in total. The number of hydrogen-bond acceptors (Lipinski definition) is 5. The van der Waals surface area contributed by atoms with Crippen LogP contribution in [-0.2, 0) is 32.9 Å². The van der Waals surface area contributed by atoms with Crippen LogP contribution < -0.4 is 10.6 Å². The largest absolute Gasteiger partial charge is 0.427 e. The molecule has 13 heteroatoms. The Kier molecular flexibility index (Phi) is 7.04. The summed E-state index contributed by atoms with van der Waals surface area (Å²) in [5.41, 5.74) is -0.0256. The van der Waals surface area contributed by atoms with Crippen LogP contribution in [-0.4, -0.2) is 59.5 Å². The number of carbonyl (C=O) groups excluding carboxylic acids is 4. The van der Waals surface area contributed by atoms with Crippen molar-refractivity contribution in [3.8, 4) is 0 Å². The van der Waals surface area contributed by atoms with Gasteiger partial charge in [0.2, 0.25) is 11.5 Å². The van der Waals surface area contributed by atoms with E-state index in [1.807, 2.05) is 0 Å². The van der Waals surface area contributed by atoms with Crippen molar-refractivity contribution in [2.24, 2.45) is 0 Å². The lowest BCUT2D eigenvalue weighted by Crippen LogP contribution is -2.51. The Morgan fingerprint density at radius 3 is 2.47 bits per heavy atom. The second-order valence-electron chi connectivity index (χ2n) is 9.03. The van der Waals surface area contributed by atoms with Gasteiger partial charge < -0.3 is 20.3 Å². The van der Waals surface area contributed by atoms with Crippen LogP contribution in [0, 0.1) is 5.82 Å². The Hall–Kier alpha value is -4.16. The first kappa shape index (κ1) is 26.9. The molecule has 0 saturated carbocycles. The van der Waals surface area contributed by atoms with Gasteiger partial charge in [0.05, 0.1) is 0 Å². The predicted octanol–water partition coefficient (Wildman–Crippen LogP) is 3.68. The van der Waals surface area contributed by atoms with E-state index in [-0.39, 0.29) is 12.0 Å². The molecule has 2 aromatic carbocycles. The maximum Gasteiger partial charge on any atom is 0.418 e. The molecule has 1 fully saturated rings. The number of nitrogens with zero attached hydrogens (tertiary/aromatic N) is 2. The summed E-state index contributed by atoms with van der Waals surface area (Å²) in [6.07, 6.45) is -5.55. The van der Waals surface area contributed by atoms with Crippen LogP contribution in [0.5, 0.6) is 0 Å². The molecule has 1 spiro atoms. The average molecular weight is 536 g/mol. The number of halogens is 4. The number of fused-ring (bicyclic) bond motifs is 2. The lowest BCUT2D eigenvalue weighted by molar-refractivity contribution is -0.187. The quantitative estimate of drug-likeness (QED) is 0.548. The van der Waals surface area contributed by atoms with Crippen LogP contribution in [0.2, 0.25) is 0 Å². The maximum absolute atomic E-state index is 13.6. The Bertz CT molecular complexity index is 1280. The van der Waals surface area contributed by atoms with Gasteiger partial charge in [0.15, 0.2) is 0 Å². The highest BCUT2D eigenvalue weighted by Crippen LogP contribution is 2.46. The summed E-state index contributed by atoms with van der Waals surface area (Å²) in [6.45, 7) is -0.705. The summed E-state index contributed by atoms with van der Waals surface area (Å²) >= 11 is 0. The third-order valence-electron chi connectivity index (χ3n) is 6.67. The van der Waals surface area contributed by atoms with Gasteiger partial charge in [-0.05, 0) is 48.7 Å². The van der Waals surface area contributed by atoms with Crippen LogP contribution in [0.15, 0.2) is 42.5 Å². The molecule has 1 aliphatic heterocycles. The number of rotatable bonds is 6. The number of amides is 5. The van der Waals surface area contributed by atoms with E-state index in [2.05, 4.69) is 10.6 Å². The molecular weight excluding hydrogens is 512 g/mol. The van der Waals surface area contributed by atoms with Crippen LogP contribution in [0.25, 0.3) is 0 Å². The van der Waals surface area contributed by atoms with Gasteiger partial charge in [-0.1, -0.05) is 18.2 Å². The highest BCUT2D eigenvalue weighted by Gasteiger charge is 2.58. The first-order valence-electron chi connectivity index (χ1n) is 11.6. The second kappa shape index (κ2) is 9.95. The molecule has 202 valence electrons. The highest BCUT2D eigenvalue weighted by molar-refractivity contribution is 6.06. The fourth-order valence-corrected chi connectivity index (χ4v) is 4.55. The topological polar surface area (TPSA) is 108 Å². The minimum absolute atomic E-state index is 0.0687. The zero-order valence-electron chi connectivity index (χ0n) is 20.4. The molecule has 0 radical (unpaired) electrons. The molecule has 2 atom stereocenters. The standard InChI is InChI=1S/C25H24F4N4O5/c1-14(25(27,28)29)32(12-15-3-5-17(26)6-4-15)20(34)13-33-21(35)24(38-23(33)37)10-9-16-11-18(7-8-19(16)24)31-22(36)30-2/h3-8,11,14H,9-10,12-13H2,1-2H3,(H2,30,31,36)/t14-,24+/m0/s1. The molecule has 9 nitrogen and oxygen atoms in total. The van der Waals surface area contributed by atoms with Crippen molar-refractivity contribution in [3.63, 3.8) is 0 Å². The SMILES string of the molecule is CNC(=O)Nc1ccc2c(c1)CC[C@@]21OC(=O)N(CC(=O)N(Cc2ccc(F)cc2)[C@@H](C)C(F)(F)F)C1=O. The number of urea groups is 1. The number of benzene rings is 2. The first-order valence-corrected chi connectivity index (χ1v) is 11.6. The van der Waals surface area contributed by atoms with E-state index in [0.717, 1.165) is 19.1 Å². The van der Waals surface area contributed by atoms with Crippen molar-refractivity contribution in [1.82, 2.24) is 15.1 Å². The molecular formula is C25H24F4N4O5. The van der Waals surface area contributed by atoms with E-state index in [0.29, 0.717) is 33.0 Å². The molecule has 0 bridgehead atoms. The molecule has 0 unspecified atom stereocenters. The fourth-order valence-electron chi connectivity index (χ4n) is 4.55. The zero-order valence-corrected chi connectivity index (χ0v) is 20.4. The van der Waals surface area contributed by atoms with Crippen LogP contribution >= 0.6 is 0 Å². The van der Waals surface area contributed by atoms with Crippen LogP contribution in [0.4, 0.5) is 32.8 Å². The van der Waals surface area contributed by atoms with E-state index < -0.39 is 60.7 Å². The van der Waals surface area contributed by atoms with E-state index in [1.165, 1.54) is 31.3 Å². The molecule has 4 rings (SSSR count). The van der Waals surface area contributed by atoms with E-state index in [4.69, 9.17) is 4.74 Å². The van der Waals surface area contributed by atoms with Crippen LogP contribution in [0.3, 0.4) is 0 Å². The smallest absolute Gasteiger partial charge is 0.418 e. The Labute approximate surface area is 214 Å². The summed E-state index contributed by atoms with van der Waals surface area (Å²) in [6, 6.07) is 6.55. The van der Waals surface area contributed by atoms with Crippen molar-refractivity contribution in [2.75, 3.05) is 18.9 Å². The van der Waals surface area contributed by atoms with Crippen LogP contribution in [0.1, 0.15) is 30.0 Å². The number of alkyl halides is 3. The predicted molar refractivity (Wildman–Crippen MR) is 125 cm³/mol. The number of ether oxygens (including phenoxy) is 1. The minimum Gasteiger partial charge on any atom is -0.427 e. The summed E-state index contributed by atoms with van der Waals surface area (Å²) in [4.78, 5) is 51.8. The van der Waals surface area contributed by atoms with Gasteiger partial charge in [-0.2, -0.15) is 13.2 Å². The molecule has 1 aliphatic carbocycles.